The van der Waals surface area contributed by atoms with E-state index in [0.717, 1.165) is 53.9 Å². The average Bonchev–Trinajstić information content (AvgIpc) is 3.26. The van der Waals surface area contributed by atoms with Crippen LogP contribution in [0.15, 0.2) is 42.5 Å². The normalized spacial score (nSPS) is 12.6. The van der Waals surface area contributed by atoms with Gasteiger partial charge < -0.3 is 5.32 Å². The fourth-order valence-electron chi connectivity index (χ4n) is 3.54. The lowest BCUT2D eigenvalue weighted by atomic mass is 10.1. The smallest absolute Gasteiger partial charge is 0.306 e. The maximum absolute atomic E-state index is 13.5. The lowest BCUT2D eigenvalue weighted by Crippen LogP contribution is -2.15. The van der Waals surface area contributed by atoms with Crippen molar-refractivity contribution in [1.82, 2.24) is 9.78 Å². The maximum atomic E-state index is 13.5. The summed E-state index contributed by atoms with van der Waals surface area (Å²) in [6.07, 6.45) is 2.50. The molecular weight excluding hydrogens is 363 g/mol. The number of hydrogen-bond acceptors (Lipinski definition) is 4. The molecule has 1 aliphatic carbocycles. The van der Waals surface area contributed by atoms with Crippen molar-refractivity contribution < 1.29 is 14.1 Å². The van der Waals surface area contributed by atoms with Gasteiger partial charge >= 0.3 is 5.69 Å². The number of amides is 1. The van der Waals surface area contributed by atoms with E-state index in [4.69, 9.17) is 0 Å². The van der Waals surface area contributed by atoms with Crippen molar-refractivity contribution in [2.24, 2.45) is 0 Å². The Morgan fingerprint density at radius 3 is 2.79 bits per heavy atom. The molecule has 0 bridgehead atoms. The SMILES string of the molecule is Cc1ccccc1-n1nc(C(=O)Nc2ccc(F)c([N+](=O)[O-])c2)c2c1CCC2. The molecule has 0 unspecified atom stereocenters. The summed E-state index contributed by atoms with van der Waals surface area (Å²) in [4.78, 5) is 22.9. The molecule has 1 heterocycles. The van der Waals surface area contributed by atoms with E-state index in [1.807, 2.05) is 31.2 Å². The molecule has 1 aliphatic rings. The van der Waals surface area contributed by atoms with E-state index in [1.165, 1.54) is 6.07 Å². The van der Waals surface area contributed by atoms with Gasteiger partial charge in [0.05, 0.1) is 10.6 Å². The molecule has 0 saturated carbocycles. The zero-order valence-electron chi connectivity index (χ0n) is 15.1. The van der Waals surface area contributed by atoms with Gasteiger partial charge in [0.25, 0.3) is 5.91 Å². The monoisotopic (exact) mass is 380 g/mol. The highest BCUT2D eigenvalue weighted by atomic mass is 19.1. The van der Waals surface area contributed by atoms with Crippen LogP contribution in [0, 0.1) is 22.9 Å². The van der Waals surface area contributed by atoms with Gasteiger partial charge in [0.1, 0.15) is 0 Å². The molecule has 7 nitrogen and oxygen atoms in total. The number of carbonyl (C=O) groups is 1. The molecule has 0 spiro atoms. The van der Waals surface area contributed by atoms with Crippen LogP contribution in [0.3, 0.4) is 0 Å². The number of anilines is 1. The first-order valence-electron chi connectivity index (χ1n) is 8.88. The lowest BCUT2D eigenvalue weighted by molar-refractivity contribution is -0.387. The van der Waals surface area contributed by atoms with Gasteiger partial charge in [0.2, 0.25) is 5.82 Å². The Labute approximate surface area is 160 Å². The molecule has 1 aromatic heterocycles. The van der Waals surface area contributed by atoms with Gasteiger partial charge in [-0.15, -0.1) is 0 Å². The topological polar surface area (TPSA) is 90.1 Å². The van der Waals surface area contributed by atoms with Crippen molar-refractivity contribution >= 4 is 17.3 Å². The largest absolute Gasteiger partial charge is 0.320 e. The highest BCUT2D eigenvalue weighted by molar-refractivity contribution is 6.04. The number of fused-ring (bicyclic) bond motifs is 1. The Morgan fingerprint density at radius 2 is 2.04 bits per heavy atom. The molecule has 8 heteroatoms. The Bertz CT molecular complexity index is 1110. The fraction of sp³-hybridized carbons (Fsp3) is 0.200. The van der Waals surface area contributed by atoms with Crippen LogP contribution in [0.1, 0.15) is 33.7 Å². The molecule has 0 atom stereocenters. The first-order chi connectivity index (χ1) is 13.5. The number of benzene rings is 2. The summed E-state index contributed by atoms with van der Waals surface area (Å²) < 4.78 is 15.3. The van der Waals surface area contributed by atoms with Crippen LogP contribution in [0.25, 0.3) is 5.69 Å². The number of nitrogens with one attached hydrogen (secondary N) is 1. The number of nitrogens with zero attached hydrogens (tertiary/aromatic N) is 3. The molecular formula is C20H17FN4O3. The first kappa shape index (κ1) is 17.8. The number of hydrogen-bond donors (Lipinski definition) is 1. The van der Waals surface area contributed by atoms with Crippen molar-refractivity contribution in [1.29, 1.82) is 0 Å². The van der Waals surface area contributed by atoms with Crippen molar-refractivity contribution in [3.8, 4) is 5.69 Å². The van der Waals surface area contributed by atoms with Gasteiger partial charge in [-0.1, -0.05) is 18.2 Å². The number of aryl methyl sites for hydroxylation is 1. The third-order valence-corrected chi connectivity index (χ3v) is 4.89. The predicted molar refractivity (Wildman–Crippen MR) is 101 cm³/mol. The van der Waals surface area contributed by atoms with Crippen LogP contribution >= 0.6 is 0 Å². The predicted octanol–water partition coefficient (Wildman–Crippen LogP) is 3.97. The molecule has 0 fully saturated rings. The second-order valence-electron chi connectivity index (χ2n) is 6.70. The molecule has 0 saturated heterocycles. The van der Waals surface area contributed by atoms with Crippen LogP contribution < -0.4 is 5.32 Å². The van der Waals surface area contributed by atoms with E-state index in [0.29, 0.717) is 5.69 Å². The van der Waals surface area contributed by atoms with E-state index in [9.17, 15) is 19.3 Å². The summed E-state index contributed by atoms with van der Waals surface area (Å²) in [5.74, 6) is -1.42. The van der Waals surface area contributed by atoms with E-state index < -0.39 is 22.3 Å². The van der Waals surface area contributed by atoms with Gasteiger partial charge in [0.15, 0.2) is 5.69 Å². The Hall–Kier alpha value is -3.55. The quantitative estimate of drug-likeness (QED) is 0.548. The van der Waals surface area contributed by atoms with Gasteiger partial charge in [0, 0.05) is 23.0 Å². The first-order valence-corrected chi connectivity index (χ1v) is 8.88. The van der Waals surface area contributed by atoms with Gasteiger partial charge in [-0.05, 0) is 49.9 Å². The molecule has 28 heavy (non-hydrogen) atoms. The minimum absolute atomic E-state index is 0.148. The molecule has 3 aromatic rings. The Morgan fingerprint density at radius 1 is 1.25 bits per heavy atom. The molecule has 0 radical (unpaired) electrons. The van der Waals surface area contributed by atoms with Crippen molar-refractivity contribution in [3.05, 3.63) is 80.9 Å². The summed E-state index contributed by atoms with van der Waals surface area (Å²) in [5.41, 5.74) is 3.60. The van der Waals surface area contributed by atoms with Crippen molar-refractivity contribution in [2.45, 2.75) is 26.2 Å². The van der Waals surface area contributed by atoms with E-state index in [1.54, 1.807) is 4.68 Å². The van der Waals surface area contributed by atoms with Crippen LogP contribution in [-0.2, 0) is 12.8 Å². The number of para-hydroxylation sites is 1. The van der Waals surface area contributed by atoms with Crippen LogP contribution in [0.2, 0.25) is 0 Å². The maximum Gasteiger partial charge on any atom is 0.306 e. The van der Waals surface area contributed by atoms with Gasteiger partial charge in [-0.3, -0.25) is 14.9 Å². The molecule has 0 aliphatic heterocycles. The minimum Gasteiger partial charge on any atom is -0.320 e. The van der Waals surface area contributed by atoms with E-state index in [2.05, 4.69) is 10.4 Å². The molecule has 4 rings (SSSR count). The molecule has 1 amide bonds. The van der Waals surface area contributed by atoms with E-state index >= 15 is 0 Å². The molecule has 142 valence electrons. The Kier molecular flexibility index (Phi) is 4.38. The number of rotatable bonds is 4. The van der Waals surface area contributed by atoms with Crippen molar-refractivity contribution in [3.63, 3.8) is 0 Å². The van der Waals surface area contributed by atoms with Gasteiger partial charge in [-0.25, -0.2) is 4.68 Å². The van der Waals surface area contributed by atoms with E-state index in [-0.39, 0.29) is 5.69 Å². The minimum atomic E-state index is -0.951. The highest BCUT2D eigenvalue weighted by Gasteiger charge is 2.27. The molecule has 2 aromatic carbocycles. The molecule has 1 N–H and O–H groups in total. The third kappa shape index (κ3) is 3.02. The number of nitro benzene ring substituents is 1. The number of halogens is 1. The van der Waals surface area contributed by atoms with Crippen LogP contribution in [-0.4, -0.2) is 20.6 Å². The van der Waals surface area contributed by atoms with Crippen LogP contribution in [0.4, 0.5) is 15.8 Å². The summed E-state index contributed by atoms with van der Waals surface area (Å²) in [6.45, 7) is 1.98. The number of nitro groups is 1. The summed E-state index contributed by atoms with van der Waals surface area (Å²) >= 11 is 0. The summed E-state index contributed by atoms with van der Waals surface area (Å²) in [5, 5.41) is 18.0. The van der Waals surface area contributed by atoms with Crippen molar-refractivity contribution in [2.75, 3.05) is 5.32 Å². The number of aromatic nitrogens is 2. The fourth-order valence-corrected chi connectivity index (χ4v) is 3.54. The highest BCUT2D eigenvalue weighted by Crippen LogP contribution is 2.30. The number of carbonyl (C=O) groups excluding carboxylic acids is 1. The second-order valence-corrected chi connectivity index (χ2v) is 6.70. The standard InChI is InChI=1S/C20H17FN4O3/c1-12-5-2-3-7-16(12)24-17-8-4-6-14(17)19(23-24)20(26)22-13-9-10-15(21)18(11-13)25(27)28/h2-3,5,7,9-11H,4,6,8H2,1H3,(H,22,26). The van der Waals surface area contributed by atoms with Gasteiger partial charge in [-0.2, -0.15) is 9.49 Å². The second kappa shape index (κ2) is 6.88. The Balaban J connectivity index is 1.70. The average molecular weight is 380 g/mol. The zero-order chi connectivity index (χ0) is 19.8. The lowest BCUT2D eigenvalue weighted by Gasteiger charge is -2.08. The zero-order valence-corrected chi connectivity index (χ0v) is 15.1. The summed E-state index contributed by atoms with van der Waals surface area (Å²) in [6, 6.07) is 11.1. The summed E-state index contributed by atoms with van der Waals surface area (Å²) in [7, 11) is 0. The third-order valence-electron chi connectivity index (χ3n) is 4.89. The van der Waals surface area contributed by atoms with Crippen LogP contribution in [0.5, 0.6) is 0 Å².